The fourth-order valence-electron chi connectivity index (χ4n) is 4.08. The lowest BCUT2D eigenvalue weighted by Gasteiger charge is -2.33. The summed E-state index contributed by atoms with van der Waals surface area (Å²) in [6, 6.07) is 15.0. The van der Waals surface area contributed by atoms with Crippen molar-refractivity contribution in [3.05, 3.63) is 94.5 Å². The molecule has 0 aromatic heterocycles. The Bertz CT molecular complexity index is 1450. The summed E-state index contributed by atoms with van der Waals surface area (Å²) in [5, 5.41) is 2.96. The maximum absolute atomic E-state index is 13.8. The van der Waals surface area contributed by atoms with Gasteiger partial charge in [0, 0.05) is 18.6 Å². The molecule has 3 aromatic carbocycles. The topological polar surface area (TPSA) is 86.8 Å². The molecular formula is C28H29ClF3N3O4S. The number of sulfonamides is 1. The van der Waals surface area contributed by atoms with Gasteiger partial charge in [0.2, 0.25) is 11.8 Å². The summed E-state index contributed by atoms with van der Waals surface area (Å²) < 4.78 is 68.8. The molecule has 0 spiro atoms. The molecule has 0 aliphatic carbocycles. The number of carbonyl (C=O) groups excluding carboxylic acids is 2. The number of carbonyl (C=O) groups is 2. The molecule has 0 aliphatic rings. The standard InChI is InChI=1S/C28H29ClF3N3O4S/c1-4-25(27(37)33-3)34(17-20-10-12-22(29)13-11-20)26(36)18-35(23-7-5-6-21(16-23)28(30,31)32)40(38,39)24-14-8-19(2)9-15-24/h5-16,25H,4,17-18H2,1-3H3,(H,33,37)/t25-/m0/s1. The van der Waals surface area contributed by atoms with Crippen molar-refractivity contribution in [3.8, 4) is 0 Å². The van der Waals surface area contributed by atoms with Crippen molar-refractivity contribution in [2.45, 2.75) is 43.9 Å². The third-order valence-electron chi connectivity index (χ3n) is 6.25. The number of hydrogen-bond donors (Lipinski definition) is 1. The molecule has 0 radical (unpaired) electrons. The van der Waals surface area contributed by atoms with Crippen LogP contribution in [0.3, 0.4) is 0 Å². The third kappa shape index (κ3) is 7.33. The molecule has 214 valence electrons. The van der Waals surface area contributed by atoms with E-state index in [9.17, 15) is 31.2 Å². The molecule has 0 saturated carbocycles. The van der Waals surface area contributed by atoms with Crippen molar-refractivity contribution in [3.63, 3.8) is 0 Å². The molecule has 0 aliphatic heterocycles. The normalized spacial score (nSPS) is 12.5. The predicted molar refractivity (Wildman–Crippen MR) is 147 cm³/mol. The highest BCUT2D eigenvalue weighted by atomic mass is 35.5. The zero-order valence-electron chi connectivity index (χ0n) is 22.1. The zero-order chi connectivity index (χ0) is 29.7. The first kappa shape index (κ1) is 31.0. The van der Waals surface area contributed by atoms with Gasteiger partial charge in [0.1, 0.15) is 12.6 Å². The zero-order valence-corrected chi connectivity index (χ0v) is 23.6. The largest absolute Gasteiger partial charge is 0.416 e. The molecule has 1 atom stereocenters. The van der Waals surface area contributed by atoms with Crippen LogP contribution in [0.2, 0.25) is 5.02 Å². The van der Waals surface area contributed by atoms with Gasteiger partial charge < -0.3 is 10.2 Å². The minimum absolute atomic E-state index is 0.0665. The van der Waals surface area contributed by atoms with E-state index in [0.29, 0.717) is 21.0 Å². The highest BCUT2D eigenvalue weighted by Gasteiger charge is 2.35. The van der Waals surface area contributed by atoms with Crippen LogP contribution in [0.4, 0.5) is 18.9 Å². The summed E-state index contributed by atoms with van der Waals surface area (Å²) >= 11 is 5.97. The van der Waals surface area contributed by atoms with Gasteiger partial charge in [0.05, 0.1) is 16.1 Å². The van der Waals surface area contributed by atoms with E-state index in [4.69, 9.17) is 11.6 Å². The van der Waals surface area contributed by atoms with Crippen molar-refractivity contribution in [2.75, 3.05) is 17.9 Å². The number of hydrogen-bond acceptors (Lipinski definition) is 4. The SMILES string of the molecule is CC[C@@H](C(=O)NC)N(Cc1ccc(Cl)cc1)C(=O)CN(c1cccc(C(F)(F)F)c1)S(=O)(=O)c1ccc(C)cc1. The van der Waals surface area contributed by atoms with Crippen molar-refractivity contribution >= 4 is 39.1 Å². The van der Waals surface area contributed by atoms with Crippen molar-refractivity contribution in [1.82, 2.24) is 10.2 Å². The summed E-state index contributed by atoms with van der Waals surface area (Å²) in [5.74, 6) is -1.25. The highest BCUT2D eigenvalue weighted by molar-refractivity contribution is 7.92. The molecule has 2 amide bonds. The summed E-state index contributed by atoms with van der Waals surface area (Å²) in [5.41, 5.74) is -0.0298. The van der Waals surface area contributed by atoms with Crippen LogP contribution in [0.1, 0.15) is 30.0 Å². The first-order valence-corrected chi connectivity index (χ1v) is 14.1. The predicted octanol–water partition coefficient (Wildman–Crippen LogP) is 5.42. The maximum Gasteiger partial charge on any atom is 0.416 e. The molecule has 1 N–H and O–H groups in total. The van der Waals surface area contributed by atoms with Crippen LogP contribution >= 0.6 is 11.6 Å². The summed E-state index contributed by atoms with van der Waals surface area (Å²) in [6.07, 6.45) is -4.54. The number of nitrogens with zero attached hydrogens (tertiary/aromatic N) is 2. The molecule has 3 aromatic rings. The quantitative estimate of drug-likeness (QED) is 0.339. The van der Waals surface area contributed by atoms with Crippen LogP contribution < -0.4 is 9.62 Å². The number of halogens is 4. The van der Waals surface area contributed by atoms with Gasteiger partial charge in [-0.05, 0) is 61.4 Å². The molecule has 0 bridgehead atoms. The maximum atomic E-state index is 13.8. The number of amides is 2. The van der Waals surface area contributed by atoms with E-state index in [2.05, 4.69) is 5.32 Å². The molecule has 40 heavy (non-hydrogen) atoms. The summed E-state index contributed by atoms with van der Waals surface area (Å²) in [6.45, 7) is 2.53. The average molecular weight is 596 g/mol. The Morgan fingerprint density at radius 1 is 1.00 bits per heavy atom. The summed E-state index contributed by atoms with van der Waals surface area (Å²) in [7, 11) is -3.09. The lowest BCUT2D eigenvalue weighted by Crippen LogP contribution is -2.51. The van der Waals surface area contributed by atoms with Crippen LogP contribution in [-0.4, -0.2) is 44.8 Å². The Hall–Kier alpha value is -3.57. The van der Waals surface area contributed by atoms with Crippen molar-refractivity contribution < 1.29 is 31.2 Å². The number of aryl methyl sites for hydroxylation is 1. The third-order valence-corrected chi connectivity index (χ3v) is 8.29. The van der Waals surface area contributed by atoms with E-state index in [1.165, 1.54) is 30.1 Å². The van der Waals surface area contributed by atoms with Crippen molar-refractivity contribution in [2.24, 2.45) is 0 Å². The Balaban J connectivity index is 2.11. The van der Waals surface area contributed by atoms with Gasteiger partial charge in [-0.2, -0.15) is 13.2 Å². The Morgan fingerprint density at radius 3 is 2.17 bits per heavy atom. The number of alkyl halides is 3. The number of anilines is 1. The van der Waals surface area contributed by atoms with E-state index in [-0.39, 0.29) is 23.5 Å². The number of nitrogens with one attached hydrogen (secondary N) is 1. The Labute approximate surface area is 236 Å². The Morgan fingerprint density at radius 2 is 1.62 bits per heavy atom. The van der Waals surface area contributed by atoms with Crippen LogP contribution in [0.15, 0.2) is 77.7 Å². The van der Waals surface area contributed by atoms with Gasteiger partial charge in [0.15, 0.2) is 0 Å². The fraction of sp³-hybridized carbons (Fsp3) is 0.286. The lowest BCUT2D eigenvalue weighted by molar-refractivity contribution is -0.140. The molecule has 0 unspecified atom stereocenters. The van der Waals surface area contributed by atoms with Gasteiger partial charge in [-0.3, -0.25) is 13.9 Å². The second-order valence-electron chi connectivity index (χ2n) is 9.06. The minimum Gasteiger partial charge on any atom is -0.357 e. The molecular weight excluding hydrogens is 567 g/mol. The molecule has 3 rings (SSSR count). The number of benzene rings is 3. The van der Waals surface area contributed by atoms with Gasteiger partial charge in [-0.1, -0.05) is 54.4 Å². The van der Waals surface area contributed by atoms with E-state index in [0.717, 1.165) is 17.7 Å². The molecule has 0 heterocycles. The smallest absolute Gasteiger partial charge is 0.357 e. The van der Waals surface area contributed by atoms with E-state index in [1.54, 1.807) is 50.2 Å². The molecule has 0 fully saturated rings. The Kier molecular flexibility index (Phi) is 9.86. The van der Waals surface area contributed by atoms with Gasteiger partial charge in [-0.25, -0.2) is 8.42 Å². The second kappa shape index (κ2) is 12.7. The van der Waals surface area contributed by atoms with Crippen LogP contribution in [0, 0.1) is 6.92 Å². The molecule has 7 nitrogen and oxygen atoms in total. The first-order valence-electron chi connectivity index (χ1n) is 12.3. The van der Waals surface area contributed by atoms with E-state index < -0.39 is 46.2 Å². The van der Waals surface area contributed by atoms with Crippen LogP contribution in [-0.2, 0) is 32.3 Å². The highest BCUT2D eigenvalue weighted by Crippen LogP contribution is 2.33. The molecule has 0 saturated heterocycles. The minimum atomic E-state index is -4.74. The van der Waals surface area contributed by atoms with Gasteiger partial charge in [0.25, 0.3) is 10.0 Å². The summed E-state index contributed by atoms with van der Waals surface area (Å²) in [4.78, 5) is 27.5. The number of likely N-dealkylation sites (N-methyl/N-ethyl adjacent to an activating group) is 1. The lowest BCUT2D eigenvalue weighted by atomic mass is 10.1. The average Bonchev–Trinajstić information content (AvgIpc) is 2.92. The first-order chi connectivity index (χ1) is 18.8. The van der Waals surface area contributed by atoms with Crippen molar-refractivity contribution in [1.29, 1.82) is 0 Å². The monoisotopic (exact) mass is 595 g/mol. The van der Waals surface area contributed by atoms with Crippen LogP contribution in [0.25, 0.3) is 0 Å². The van der Waals surface area contributed by atoms with Gasteiger partial charge >= 0.3 is 6.18 Å². The fourth-order valence-corrected chi connectivity index (χ4v) is 5.61. The second-order valence-corrected chi connectivity index (χ2v) is 11.4. The number of rotatable bonds is 10. The van der Waals surface area contributed by atoms with E-state index in [1.807, 2.05) is 0 Å². The van der Waals surface area contributed by atoms with Crippen LogP contribution in [0.5, 0.6) is 0 Å². The molecule has 12 heteroatoms. The van der Waals surface area contributed by atoms with E-state index >= 15 is 0 Å². The van der Waals surface area contributed by atoms with Gasteiger partial charge in [-0.15, -0.1) is 0 Å².